The molecule has 1 aromatic rings. The fourth-order valence-corrected chi connectivity index (χ4v) is 1.72. The fourth-order valence-electron chi connectivity index (χ4n) is 1.72. The number of aromatic nitrogens is 2. The highest BCUT2D eigenvalue weighted by molar-refractivity contribution is 5.28. The van der Waals surface area contributed by atoms with Crippen LogP contribution in [0.1, 0.15) is 25.8 Å². The van der Waals surface area contributed by atoms with E-state index < -0.39 is 0 Å². The first-order valence-electron chi connectivity index (χ1n) is 6.89. The second-order valence-electron chi connectivity index (χ2n) is 4.95. The van der Waals surface area contributed by atoms with Crippen molar-refractivity contribution < 1.29 is 4.74 Å². The number of hydrogen-bond donors (Lipinski definition) is 1. The predicted octanol–water partition coefficient (Wildman–Crippen LogP) is 1.69. The lowest BCUT2D eigenvalue weighted by Crippen LogP contribution is -2.25. The number of anilines is 1. The maximum Gasteiger partial charge on any atom is 0.225 e. The fraction of sp³-hybridized carbons (Fsp3) is 0.714. The van der Waals surface area contributed by atoms with Gasteiger partial charge < -0.3 is 15.0 Å². The van der Waals surface area contributed by atoms with Crippen LogP contribution in [-0.2, 0) is 11.3 Å². The SMILES string of the molecule is CCC(C)CN(C)c1ncc(CNCCOC)cn1. The van der Waals surface area contributed by atoms with Gasteiger partial charge in [-0.1, -0.05) is 20.3 Å². The van der Waals surface area contributed by atoms with Crippen molar-refractivity contribution in [3.8, 4) is 0 Å². The largest absolute Gasteiger partial charge is 0.383 e. The number of nitrogens with zero attached hydrogens (tertiary/aromatic N) is 3. The predicted molar refractivity (Wildman–Crippen MR) is 78.3 cm³/mol. The molecule has 1 rings (SSSR count). The Balaban J connectivity index is 2.42. The van der Waals surface area contributed by atoms with Crippen LogP contribution >= 0.6 is 0 Å². The number of methoxy groups -OCH3 is 1. The van der Waals surface area contributed by atoms with Gasteiger partial charge in [0.15, 0.2) is 0 Å². The van der Waals surface area contributed by atoms with Gasteiger partial charge in [-0.15, -0.1) is 0 Å². The third kappa shape index (κ3) is 5.98. The Labute approximate surface area is 116 Å². The number of nitrogens with one attached hydrogen (secondary N) is 1. The topological polar surface area (TPSA) is 50.3 Å². The minimum Gasteiger partial charge on any atom is -0.383 e. The minimum absolute atomic E-state index is 0.656. The van der Waals surface area contributed by atoms with Crippen molar-refractivity contribution in [1.82, 2.24) is 15.3 Å². The first-order valence-corrected chi connectivity index (χ1v) is 6.89. The molecule has 0 radical (unpaired) electrons. The van der Waals surface area contributed by atoms with E-state index in [1.54, 1.807) is 7.11 Å². The van der Waals surface area contributed by atoms with Crippen LogP contribution in [0.15, 0.2) is 12.4 Å². The lowest BCUT2D eigenvalue weighted by molar-refractivity contribution is 0.199. The standard InChI is InChI=1S/C14H26N4O/c1-5-12(2)11-18(3)14-16-9-13(10-17-14)8-15-6-7-19-4/h9-10,12,15H,5-8,11H2,1-4H3. The summed E-state index contributed by atoms with van der Waals surface area (Å²) < 4.78 is 4.98. The normalized spacial score (nSPS) is 12.4. The molecule has 0 aromatic carbocycles. The molecule has 1 heterocycles. The molecule has 0 amide bonds. The highest BCUT2D eigenvalue weighted by Gasteiger charge is 2.07. The smallest absolute Gasteiger partial charge is 0.225 e. The summed E-state index contributed by atoms with van der Waals surface area (Å²) in [6, 6.07) is 0. The molecule has 1 aromatic heterocycles. The number of rotatable bonds is 9. The zero-order valence-corrected chi connectivity index (χ0v) is 12.5. The molecule has 0 aliphatic heterocycles. The molecule has 0 bridgehead atoms. The van der Waals surface area contributed by atoms with E-state index in [9.17, 15) is 0 Å². The van der Waals surface area contributed by atoms with Crippen LogP contribution in [-0.4, -0.2) is 43.8 Å². The molecule has 0 saturated heterocycles. The zero-order chi connectivity index (χ0) is 14.1. The van der Waals surface area contributed by atoms with Crippen LogP contribution in [0.2, 0.25) is 0 Å². The Morgan fingerprint density at radius 1 is 1.37 bits per heavy atom. The first kappa shape index (κ1) is 15.9. The molecule has 5 heteroatoms. The average molecular weight is 266 g/mol. The van der Waals surface area contributed by atoms with Crippen molar-refractivity contribution in [2.45, 2.75) is 26.8 Å². The van der Waals surface area contributed by atoms with Crippen LogP contribution in [0.3, 0.4) is 0 Å². The van der Waals surface area contributed by atoms with Crippen molar-refractivity contribution in [2.24, 2.45) is 5.92 Å². The first-order chi connectivity index (χ1) is 9.17. The van der Waals surface area contributed by atoms with Crippen LogP contribution in [0, 0.1) is 5.92 Å². The van der Waals surface area contributed by atoms with E-state index in [4.69, 9.17) is 4.74 Å². The maximum atomic E-state index is 4.98. The Morgan fingerprint density at radius 2 is 2.05 bits per heavy atom. The van der Waals surface area contributed by atoms with Crippen molar-refractivity contribution in [3.63, 3.8) is 0 Å². The van der Waals surface area contributed by atoms with Gasteiger partial charge in [-0.3, -0.25) is 0 Å². The third-order valence-electron chi connectivity index (χ3n) is 3.13. The maximum absolute atomic E-state index is 4.98. The molecule has 0 aliphatic carbocycles. The summed E-state index contributed by atoms with van der Waals surface area (Å²) in [5.41, 5.74) is 1.09. The highest BCUT2D eigenvalue weighted by Crippen LogP contribution is 2.09. The zero-order valence-electron chi connectivity index (χ0n) is 12.5. The van der Waals surface area contributed by atoms with E-state index in [2.05, 4.69) is 34.0 Å². The van der Waals surface area contributed by atoms with E-state index >= 15 is 0 Å². The summed E-state index contributed by atoms with van der Waals surface area (Å²) in [4.78, 5) is 10.9. The Morgan fingerprint density at radius 3 is 2.63 bits per heavy atom. The van der Waals surface area contributed by atoms with Gasteiger partial charge in [-0.05, 0) is 5.92 Å². The quantitative estimate of drug-likeness (QED) is 0.689. The van der Waals surface area contributed by atoms with Gasteiger partial charge in [0.05, 0.1) is 6.61 Å². The summed E-state index contributed by atoms with van der Waals surface area (Å²) in [7, 11) is 3.74. The Bertz CT molecular complexity index is 342. The summed E-state index contributed by atoms with van der Waals surface area (Å²) in [5, 5.41) is 3.27. The van der Waals surface area contributed by atoms with Gasteiger partial charge in [0, 0.05) is 51.7 Å². The lowest BCUT2D eigenvalue weighted by Gasteiger charge is -2.20. The molecule has 5 nitrogen and oxygen atoms in total. The van der Waals surface area contributed by atoms with Gasteiger partial charge >= 0.3 is 0 Å². The molecular formula is C14H26N4O. The van der Waals surface area contributed by atoms with Crippen LogP contribution < -0.4 is 10.2 Å². The van der Waals surface area contributed by atoms with Crippen molar-refractivity contribution in [1.29, 1.82) is 0 Å². The Hall–Kier alpha value is -1.20. The molecule has 0 aliphatic rings. The Kier molecular flexibility index (Phi) is 7.36. The van der Waals surface area contributed by atoms with Crippen molar-refractivity contribution in [3.05, 3.63) is 18.0 Å². The molecule has 19 heavy (non-hydrogen) atoms. The van der Waals surface area contributed by atoms with E-state index in [0.29, 0.717) is 5.92 Å². The van der Waals surface area contributed by atoms with E-state index in [1.165, 1.54) is 6.42 Å². The number of ether oxygens (including phenoxy) is 1. The summed E-state index contributed by atoms with van der Waals surface area (Å²) in [6.07, 6.45) is 4.94. The van der Waals surface area contributed by atoms with Crippen LogP contribution in [0.5, 0.6) is 0 Å². The van der Waals surface area contributed by atoms with Gasteiger partial charge in [-0.2, -0.15) is 0 Å². The summed E-state index contributed by atoms with van der Waals surface area (Å²) in [6.45, 7) is 7.77. The average Bonchev–Trinajstić information content (AvgIpc) is 2.44. The molecule has 0 saturated carbocycles. The molecule has 108 valence electrons. The second-order valence-corrected chi connectivity index (χ2v) is 4.95. The van der Waals surface area contributed by atoms with Gasteiger partial charge in [-0.25, -0.2) is 9.97 Å². The van der Waals surface area contributed by atoms with Gasteiger partial charge in [0.25, 0.3) is 0 Å². The third-order valence-corrected chi connectivity index (χ3v) is 3.13. The monoisotopic (exact) mass is 266 g/mol. The van der Waals surface area contributed by atoms with Gasteiger partial charge in [0.2, 0.25) is 5.95 Å². The molecule has 0 spiro atoms. The van der Waals surface area contributed by atoms with Gasteiger partial charge in [0.1, 0.15) is 0 Å². The summed E-state index contributed by atoms with van der Waals surface area (Å²) in [5.74, 6) is 1.45. The minimum atomic E-state index is 0.656. The molecule has 1 unspecified atom stereocenters. The molecule has 1 atom stereocenters. The lowest BCUT2D eigenvalue weighted by atomic mass is 10.1. The van der Waals surface area contributed by atoms with E-state index in [1.807, 2.05) is 19.4 Å². The van der Waals surface area contributed by atoms with Crippen LogP contribution in [0.4, 0.5) is 5.95 Å². The van der Waals surface area contributed by atoms with Crippen molar-refractivity contribution >= 4 is 5.95 Å². The highest BCUT2D eigenvalue weighted by atomic mass is 16.5. The molecule has 1 N–H and O–H groups in total. The van der Waals surface area contributed by atoms with Crippen molar-refractivity contribution in [2.75, 3.05) is 38.8 Å². The van der Waals surface area contributed by atoms with Crippen LogP contribution in [0.25, 0.3) is 0 Å². The molecular weight excluding hydrogens is 240 g/mol. The molecule has 0 fully saturated rings. The second kappa shape index (κ2) is 8.82. The number of hydrogen-bond acceptors (Lipinski definition) is 5. The van der Waals surface area contributed by atoms with E-state index in [-0.39, 0.29) is 0 Å². The van der Waals surface area contributed by atoms with E-state index in [0.717, 1.165) is 37.8 Å². The summed E-state index contributed by atoms with van der Waals surface area (Å²) >= 11 is 0.